The van der Waals surface area contributed by atoms with Crippen LogP contribution in [0.5, 0.6) is 0 Å². The minimum Gasteiger partial charge on any atom is -0.481 e. The van der Waals surface area contributed by atoms with Crippen molar-refractivity contribution >= 4 is 11.9 Å². The Bertz CT molecular complexity index is 871. The van der Waals surface area contributed by atoms with Crippen LogP contribution < -0.4 is 5.73 Å². The largest absolute Gasteiger partial charge is 0.481 e. The molecule has 3 N–H and O–H groups in total. The molecule has 28 heavy (non-hydrogen) atoms. The monoisotopic (exact) mass is 379 g/mol. The van der Waals surface area contributed by atoms with Crippen molar-refractivity contribution in [2.75, 3.05) is 7.11 Å². The van der Waals surface area contributed by atoms with Gasteiger partial charge in [0.2, 0.25) is 0 Å². The summed E-state index contributed by atoms with van der Waals surface area (Å²) < 4.78 is 5.21. The van der Waals surface area contributed by atoms with Gasteiger partial charge in [-0.05, 0) is 53.9 Å². The Morgan fingerprint density at radius 2 is 1.46 bits per heavy atom. The van der Waals surface area contributed by atoms with Gasteiger partial charge in [0.05, 0.1) is 13.0 Å². The van der Waals surface area contributed by atoms with E-state index in [1.807, 2.05) is 36.4 Å². The second-order valence-corrected chi connectivity index (χ2v) is 7.92. The van der Waals surface area contributed by atoms with Gasteiger partial charge in [-0.15, -0.1) is 0 Å². The van der Waals surface area contributed by atoms with Gasteiger partial charge in [0.25, 0.3) is 0 Å². The number of carboxylic acids is 1. The number of fused-ring (bicyclic) bond motifs is 3. The molecule has 0 aliphatic heterocycles. The van der Waals surface area contributed by atoms with Crippen molar-refractivity contribution in [3.8, 4) is 11.1 Å². The molecule has 2 aliphatic rings. The van der Waals surface area contributed by atoms with Crippen molar-refractivity contribution < 1.29 is 19.4 Å². The molecule has 0 heterocycles. The maximum absolute atomic E-state index is 13.1. The Kier molecular flexibility index (Phi) is 4.71. The summed E-state index contributed by atoms with van der Waals surface area (Å²) >= 11 is 0. The number of esters is 1. The van der Waals surface area contributed by atoms with Crippen LogP contribution in [0.1, 0.15) is 42.7 Å². The fraction of sp³-hybridized carbons (Fsp3) is 0.391. The third kappa shape index (κ3) is 2.73. The third-order valence-electron chi connectivity index (χ3n) is 6.60. The minimum atomic E-state index is -1.24. The number of aliphatic carboxylic acids is 1. The van der Waals surface area contributed by atoms with Crippen molar-refractivity contribution in [3.05, 3.63) is 59.7 Å². The standard InChI is InChI=1S/C23H25NO4/c1-28-22(27)23(24,15-12-10-14(11-13-15)21(25)26)20-18-8-4-2-6-16(18)17-7-3-5-9-19(17)20/h2-9,14-15,20H,10-13,24H2,1H3,(H,25,26). The second-order valence-electron chi connectivity index (χ2n) is 7.92. The highest BCUT2D eigenvalue weighted by Crippen LogP contribution is 2.53. The molecule has 1 unspecified atom stereocenters. The lowest BCUT2D eigenvalue weighted by Gasteiger charge is -2.43. The molecule has 2 aromatic rings. The first-order valence-electron chi connectivity index (χ1n) is 9.76. The summed E-state index contributed by atoms with van der Waals surface area (Å²) in [5.74, 6) is -2.00. The highest BCUT2D eigenvalue weighted by Gasteiger charge is 2.54. The van der Waals surface area contributed by atoms with Crippen molar-refractivity contribution in [1.82, 2.24) is 0 Å². The maximum atomic E-state index is 13.1. The van der Waals surface area contributed by atoms with E-state index in [0.29, 0.717) is 25.7 Å². The fourth-order valence-electron chi connectivity index (χ4n) is 5.19. The SMILES string of the molecule is COC(=O)C(N)(C1CCC(C(=O)O)CC1)C1c2ccccc2-c2ccccc21. The van der Waals surface area contributed by atoms with E-state index in [0.717, 1.165) is 22.3 Å². The average molecular weight is 379 g/mol. The van der Waals surface area contributed by atoms with E-state index in [9.17, 15) is 14.7 Å². The first-order valence-corrected chi connectivity index (χ1v) is 9.76. The predicted molar refractivity (Wildman–Crippen MR) is 106 cm³/mol. The van der Waals surface area contributed by atoms with Crippen LogP contribution in [-0.2, 0) is 14.3 Å². The van der Waals surface area contributed by atoms with Gasteiger partial charge in [-0.2, -0.15) is 0 Å². The number of rotatable bonds is 4. The summed E-state index contributed by atoms with van der Waals surface area (Å²) in [4.78, 5) is 24.5. The van der Waals surface area contributed by atoms with Gasteiger partial charge in [0.15, 0.2) is 0 Å². The quantitative estimate of drug-likeness (QED) is 0.793. The summed E-state index contributed by atoms with van der Waals surface area (Å²) in [6.07, 6.45) is 2.27. The van der Waals surface area contributed by atoms with Crippen molar-refractivity contribution in [1.29, 1.82) is 0 Å². The number of hydrogen-bond donors (Lipinski definition) is 2. The van der Waals surface area contributed by atoms with E-state index in [4.69, 9.17) is 10.5 Å². The Morgan fingerprint density at radius 1 is 0.964 bits per heavy atom. The van der Waals surface area contributed by atoms with E-state index in [1.165, 1.54) is 7.11 Å². The molecule has 0 aromatic heterocycles. The molecule has 0 bridgehead atoms. The van der Waals surface area contributed by atoms with Crippen molar-refractivity contribution in [2.24, 2.45) is 17.6 Å². The molecule has 2 aliphatic carbocycles. The molecule has 2 aromatic carbocycles. The highest BCUT2D eigenvalue weighted by atomic mass is 16.5. The van der Waals surface area contributed by atoms with Crippen molar-refractivity contribution in [2.45, 2.75) is 37.1 Å². The minimum absolute atomic E-state index is 0.139. The van der Waals surface area contributed by atoms with Crippen LogP contribution in [0.25, 0.3) is 11.1 Å². The number of carbonyl (C=O) groups is 2. The zero-order valence-corrected chi connectivity index (χ0v) is 15.9. The maximum Gasteiger partial charge on any atom is 0.327 e. The predicted octanol–water partition coefficient (Wildman–Crippen LogP) is 3.56. The van der Waals surface area contributed by atoms with Crippen LogP contribution in [0, 0.1) is 11.8 Å². The zero-order chi connectivity index (χ0) is 19.9. The molecule has 1 fully saturated rings. The van der Waals surface area contributed by atoms with Crippen LogP contribution in [0.3, 0.4) is 0 Å². The number of hydrogen-bond acceptors (Lipinski definition) is 4. The van der Waals surface area contributed by atoms with Crippen molar-refractivity contribution in [3.63, 3.8) is 0 Å². The summed E-state index contributed by atoms with van der Waals surface area (Å²) in [7, 11) is 1.37. The molecule has 0 saturated heterocycles. The molecule has 1 atom stereocenters. The first-order chi connectivity index (χ1) is 13.5. The van der Waals surface area contributed by atoms with E-state index < -0.39 is 17.5 Å². The summed E-state index contributed by atoms with van der Waals surface area (Å²) in [6, 6.07) is 16.1. The molecule has 5 nitrogen and oxygen atoms in total. The molecule has 0 radical (unpaired) electrons. The van der Waals surface area contributed by atoms with Gasteiger partial charge in [-0.1, -0.05) is 48.5 Å². The number of benzene rings is 2. The lowest BCUT2D eigenvalue weighted by molar-refractivity contribution is -0.151. The molecule has 5 heteroatoms. The third-order valence-corrected chi connectivity index (χ3v) is 6.60. The summed E-state index contributed by atoms with van der Waals surface area (Å²) in [5.41, 5.74) is 10.0. The molecule has 4 rings (SSSR count). The molecule has 146 valence electrons. The molecular formula is C23H25NO4. The molecule has 0 spiro atoms. The first kappa shape index (κ1) is 18.7. The summed E-state index contributed by atoms with van der Waals surface area (Å²) in [5, 5.41) is 9.33. The van der Waals surface area contributed by atoms with E-state index in [2.05, 4.69) is 12.1 Å². The van der Waals surface area contributed by atoms with Gasteiger partial charge in [-0.25, -0.2) is 0 Å². The van der Waals surface area contributed by atoms with Gasteiger partial charge in [-0.3, -0.25) is 9.59 Å². The van der Waals surface area contributed by atoms with Gasteiger partial charge >= 0.3 is 11.9 Å². The number of methoxy groups -OCH3 is 1. The number of carboxylic acid groups (broad SMARTS) is 1. The van der Waals surface area contributed by atoms with E-state index in [1.54, 1.807) is 0 Å². The topological polar surface area (TPSA) is 89.6 Å². The second kappa shape index (κ2) is 7.06. The molecule has 1 saturated carbocycles. The van der Waals surface area contributed by atoms with Crippen LogP contribution in [-0.4, -0.2) is 29.7 Å². The van der Waals surface area contributed by atoms with Crippen LogP contribution >= 0.6 is 0 Å². The Balaban J connectivity index is 1.81. The highest BCUT2D eigenvalue weighted by molar-refractivity contribution is 5.89. The molecule has 0 amide bonds. The van der Waals surface area contributed by atoms with Crippen LogP contribution in [0.4, 0.5) is 0 Å². The lowest BCUT2D eigenvalue weighted by Crippen LogP contribution is -2.59. The number of nitrogens with two attached hydrogens (primary N) is 1. The van der Waals surface area contributed by atoms with E-state index in [-0.39, 0.29) is 17.8 Å². The zero-order valence-electron chi connectivity index (χ0n) is 15.9. The summed E-state index contributed by atoms with van der Waals surface area (Å²) in [6.45, 7) is 0. The van der Waals surface area contributed by atoms with E-state index >= 15 is 0 Å². The Labute approximate surface area is 164 Å². The van der Waals surface area contributed by atoms with Gasteiger partial charge in [0.1, 0.15) is 5.54 Å². The number of carbonyl (C=O) groups excluding carboxylic acids is 1. The van der Waals surface area contributed by atoms with Gasteiger partial charge in [0, 0.05) is 5.92 Å². The van der Waals surface area contributed by atoms with Gasteiger partial charge < -0.3 is 15.6 Å². The molecular weight excluding hydrogens is 354 g/mol. The Morgan fingerprint density at radius 3 is 1.93 bits per heavy atom. The number of ether oxygens (including phenoxy) is 1. The Hall–Kier alpha value is -2.66. The fourth-order valence-corrected chi connectivity index (χ4v) is 5.19. The lowest BCUT2D eigenvalue weighted by atomic mass is 9.64. The van der Waals surface area contributed by atoms with Crippen LogP contribution in [0.2, 0.25) is 0 Å². The smallest absolute Gasteiger partial charge is 0.327 e. The normalized spacial score (nSPS) is 23.4. The van der Waals surface area contributed by atoms with Crippen LogP contribution in [0.15, 0.2) is 48.5 Å². The average Bonchev–Trinajstić information content (AvgIpc) is 3.07.